The number of anilines is 2. The average Bonchev–Trinajstić information content (AvgIpc) is 3.20. The Hall–Kier alpha value is -2.64. The Kier molecular flexibility index (Phi) is 4.95. The molecule has 0 atom stereocenters. The number of nitrogens with one attached hydrogen (secondary N) is 1. The highest BCUT2D eigenvalue weighted by Crippen LogP contribution is 2.48. The Balaban J connectivity index is 1.94. The highest BCUT2D eigenvalue weighted by molar-refractivity contribution is 14.1. The predicted molar refractivity (Wildman–Crippen MR) is 113 cm³/mol. The van der Waals surface area contributed by atoms with Gasteiger partial charge in [-0.2, -0.15) is 5.26 Å². The number of nitriles is 1. The van der Waals surface area contributed by atoms with E-state index in [2.05, 4.69) is 39.0 Å². The molecule has 1 N–H and O–H groups in total. The lowest BCUT2D eigenvalue weighted by atomic mass is 10.1. The first-order valence-electron chi connectivity index (χ1n) is 8.06. The Morgan fingerprint density at radius 3 is 2.57 bits per heavy atom. The van der Waals surface area contributed by atoms with Crippen molar-refractivity contribution in [2.75, 3.05) is 26.3 Å². The maximum absolute atomic E-state index is 9.61. The number of fused-ring (bicyclic) bond motifs is 2. The number of hydrogen-bond acceptors (Lipinski definition) is 7. The summed E-state index contributed by atoms with van der Waals surface area (Å²) in [7, 11) is 3.10. The van der Waals surface area contributed by atoms with Crippen molar-refractivity contribution >= 4 is 56.5 Å². The Labute approximate surface area is 179 Å². The van der Waals surface area contributed by atoms with Crippen molar-refractivity contribution < 1.29 is 18.9 Å². The van der Waals surface area contributed by atoms with Gasteiger partial charge in [0.25, 0.3) is 0 Å². The molecule has 0 radical (unpaired) electrons. The van der Waals surface area contributed by atoms with Crippen LogP contribution in [0, 0.1) is 14.9 Å². The highest BCUT2D eigenvalue weighted by atomic mass is 127. The maximum atomic E-state index is 9.61. The third kappa shape index (κ3) is 3.00. The molecule has 4 rings (SSSR count). The van der Waals surface area contributed by atoms with E-state index in [0.717, 1.165) is 3.57 Å². The largest absolute Gasteiger partial charge is 0.493 e. The molecule has 0 aliphatic carbocycles. The van der Waals surface area contributed by atoms with Gasteiger partial charge >= 0.3 is 0 Å². The summed E-state index contributed by atoms with van der Waals surface area (Å²) >= 11 is 8.60. The van der Waals surface area contributed by atoms with Gasteiger partial charge in [-0.15, -0.1) is 0 Å². The molecule has 9 heteroatoms. The molecule has 1 aromatic heterocycles. The second kappa shape index (κ2) is 7.41. The van der Waals surface area contributed by atoms with Gasteiger partial charge in [-0.3, -0.25) is 4.98 Å². The fraction of sp³-hybridized carbons (Fsp3) is 0.158. The number of aromatic nitrogens is 1. The second-order valence-corrected chi connectivity index (χ2v) is 7.36. The van der Waals surface area contributed by atoms with E-state index in [0.29, 0.717) is 55.9 Å². The van der Waals surface area contributed by atoms with Crippen LogP contribution in [0.4, 0.5) is 11.4 Å². The van der Waals surface area contributed by atoms with Gasteiger partial charge < -0.3 is 24.3 Å². The van der Waals surface area contributed by atoms with Crippen LogP contribution in [0.5, 0.6) is 23.0 Å². The standard InChI is InChI=1S/C19H13ClIN3O4/c1-25-14-3-10-13(5-15(14)26-2)23-7-9(6-22)16(10)24-17-11(20)4-12(21)18-19(17)28-8-27-18/h3-5,7H,8H2,1-2H3,(H,23,24). The molecule has 3 aromatic rings. The molecule has 1 aliphatic heterocycles. The summed E-state index contributed by atoms with van der Waals surface area (Å²) in [5.74, 6) is 2.19. The van der Waals surface area contributed by atoms with Crippen molar-refractivity contribution in [3.05, 3.63) is 38.6 Å². The summed E-state index contributed by atoms with van der Waals surface area (Å²) in [5, 5.41) is 14.0. The number of methoxy groups -OCH3 is 2. The van der Waals surface area contributed by atoms with Crippen LogP contribution in [-0.2, 0) is 0 Å². The number of halogens is 2. The van der Waals surface area contributed by atoms with Crippen LogP contribution in [0.1, 0.15) is 5.56 Å². The fourth-order valence-corrected chi connectivity index (χ4v) is 4.12. The van der Waals surface area contributed by atoms with Crippen molar-refractivity contribution in [2.24, 2.45) is 0 Å². The molecular formula is C19H13ClIN3O4. The SMILES string of the molecule is COc1cc2ncc(C#N)c(Nc3c(Cl)cc(I)c4c3OCO4)c2cc1OC. The van der Waals surface area contributed by atoms with E-state index in [1.54, 1.807) is 32.4 Å². The van der Waals surface area contributed by atoms with Crippen molar-refractivity contribution in [3.8, 4) is 29.1 Å². The quantitative estimate of drug-likeness (QED) is 0.503. The number of benzene rings is 2. The lowest BCUT2D eigenvalue weighted by Gasteiger charge is -2.16. The van der Waals surface area contributed by atoms with Gasteiger partial charge in [0.2, 0.25) is 6.79 Å². The van der Waals surface area contributed by atoms with Crippen LogP contribution in [0.25, 0.3) is 10.9 Å². The van der Waals surface area contributed by atoms with Gasteiger partial charge in [0, 0.05) is 17.6 Å². The van der Waals surface area contributed by atoms with Crippen LogP contribution in [0.2, 0.25) is 5.02 Å². The molecule has 0 saturated heterocycles. The van der Waals surface area contributed by atoms with E-state index >= 15 is 0 Å². The smallest absolute Gasteiger partial charge is 0.231 e. The molecule has 2 aromatic carbocycles. The number of rotatable bonds is 4. The van der Waals surface area contributed by atoms with Crippen molar-refractivity contribution in [1.82, 2.24) is 4.98 Å². The zero-order chi connectivity index (χ0) is 19.8. The number of pyridine rings is 1. The molecule has 0 amide bonds. The Morgan fingerprint density at radius 1 is 1.14 bits per heavy atom. The van der Waals surface area contributed by atoms with Crippen molar-refractivity contribution in [1.29, 1.82) is 5.26 Å². The van der Waals surface area contributed by atoms with Gasteiger partial charge in [0.1, 0.15) is 11.8 Å². The van der Waals surface area contributed by atoms with E-state index in [-0.39, 0.29) is 6.79 Å². The molecule has 0 unspecified atom stereocenters. The average molecular weight is 510 g/mol. The predicted octanol–water partition coefficient (Wildman–Crippen LogP) is 4.85. The van der Waals surface area contributed by atoms with Gasteiger partial charge in [-0.25, -0.2) is 0 Å². The second-order valence-electron chi connectivity index (χ2n) is 5.79. The molecule has 1 aliphatic rings. The first-order chi connectivity index (χ1) is 13.6. The third-order valence-corrected chi connectivity index (χ3v) is 5.39. The lowest BCUT2D eigenvalue weighted by Crippen LogP contribution is -2.00. The van der Waals surface area contributed by atoms with E-state index < -0.39 is 0 Å². The molecule has 0 fully saturated rings. The highest BCUT2D eigenvalue weighted by Gasteiger charge is 2.25. The van der Waals surface area contributed by atoms with Gasteiger partial charge in [0.15, 0.2) is 23.0 Å². The summed E-state index contributed by atoms with van der Waals surface area (Å²) in [5.41, 5.74) is 2.04. The van der Waals surface area contributed by atoms with Gasteiger partial charge in [-0.05, 0) is 34.7 Å². The molecule has 142 valence electrons. The van der Waals surface area contributed by atoms with Gasteiger partial charge in [-0.1, -0.05) is 11.6 Å². The first kappa shape index (κ1) is 18.7. The minimum Gasteiger partial charge on any atom is -0.493 e. The maximum Gasteiger partial charge on any atom is 0.231 e. The summed E-state index contributed by atoms with van der Waals surface area (Å²) in [6.07, 6.45) is 1.49. The first-order valence-corrected chi connectivity index (χ1v) is 9.52. The van der Waals surface area contributed by atoms with Crippen LogP contribution in [0.3, 0.4) is 0 Å². The minimum atomic E-state index is 0.105. The number of ether oxygens (including phenoxy) is 4. The molecule has 28 heavy (non-hydrogen) atoms. The molecular weight excluding hydrogens is 497 g/mol. The summed E-state index contributed by atoms with van der Waals surface area (Å²) in [4.78, 5) is 4.36. The molecule has 0 saturated carbocycles. The van der Waals surface area contributed by atoms with E-state index in [4.69, 9.17) is 30.5 Å². The third-order valence-electron chi connectivity index (χ3n) is 4.29. The Morgan fingerprint density at radius 2 is 1.86 bits per heavy atom. The normalized spacial score (nSPS) is 12.0. The molecule has 2 heterocycles. The monoisotopic (exact) mass is 509 g/mol. The summed E-state index contributed by atoms with van der Waals surface area (Å²) in [6, 6.07) is 7.45. The Bertz CT molecular complexity index is 1150. The summed E-state index contributed by atoms with van der Waals surface area (Å²) < 4.78 is 22.7. The fourth-order valence-electron chi connectivity index (χ4n) is 2.98. The summed E-state index contributed by atoms with van der Waals surface area (Å²) in [6.45, 7) is 0.105. The number of hydrogen-bond donors (Lipinski definition) is 1. The molecule has 0 bridgehead atoms. The van der Waals surface area contributed by atoms with E-state index in [1.807, 2.05) is 0 Å². The van der Waals surface area contributed by atoms with Crippen molar-refractivity contribution in [2.45, 2.75) is 0 Å². The van der Waals surface area contributed by atoms with E-state index in [1.165, 1.54) is 6.20 Å². The van der Waals surface area contributed by atoms with Crippen molar-refractivity contribution in [3.63, 3.8) is 0 Å². The van der Waals surface area contributed by atoms with Crippen LogP contribution < -0.4 is 24.3 Å². The van der Waals surface area contributed by atoms with Crippen LogP contribution >= 0.6 is 34.2 Å². The zero-order valence-electron chi connectivity index (χ0n) is 14.8. The van der Waals surface area contributed by atoms with Gasteiger partial charge in [0.05, 0.1) is 39.6 Å². The molecule has 7 nitrogen and oxygen atoms in total. The molecule has 0 spiro atoms. The van der Waals surface area contributed by atoms with Crippen LogP contribution in [0.15, 0.2) is 24.4 Å². The van der Waals surface area contributed by atoms with Crippen LogP contribution in [-0.4, -0.2) is 26.0 Å². The lowest BCUT2D eigenvalue weighted by molar-refractivity contribution is 0.174. The number of nitrogens with zero attached hydrogens (tertiary/aromatic N) is 2. The zero-order valence-corrected chi connectivity index (χ0v) is 17.7. The van der Waals surface area contributed by atoms with E-state index in [9.17, 15) is 5.26 Å². The minimum absolute atomic E-state index is 0.105. The topological polar surface area (TPSA) is 85.6 Å².